The molecule has 1 atom stereocenters. The molecule has 0 saturated heterocycles. The Morgan fingerprint density at radius 3 is 2.40 bits per heavy atom. The third kappa shape index (κ3) is 2.82. The van der Waals surface area contributed by atoms with Crippen LogP contribution in [0.15, 0.2) is 77.3 Å². The number of fused-ring (bicyclic) bond motifs is 2. The fourth-order valence-electron chi connectivity index (χ4n) is 4.81. The van der Waals surface area contributed by atoms with Crippen LogP contribution in [-0.4, -0.2) is 21.9 Å². The SMILES string of the molecule is CCCN1C(=O)c2ccccc2C1c1c(-c2ccc(Br)cc2)n(C)c2ccccc12. The molecule has 3 nitrogen and oxygen atoms in total. The number of halogens is 1. The third-order valence-electron chi connectivity index (χ3n) is 6.06. The van der Waals surface area contributed by atoms with Crippen LogP contribution in [0.3, 0.4) is 0 Å². The molecular formula is C26H23BrN2O. The minimum Gasteiger partial charge on any atom is -0.343 e. The number of carbonyl (C=O) groups is 1. The van der Waals surface area contributed by atoms with E-state index >= 15 is 0 Å². The van der Waals surface area contributed by atoms with Crippen molar-refractivity contribution in [3.8, 4) is 11.3 Å². The van der Waals surface area contributed by atoms with Crippen molar-refractivity contribution < 1.29 is 4.79 Å². The molecule has 0 radical (unpaired) electrons. The fourth-order valence-corrected chi connectivity index (χ4v) is 5.07. The number of aryl methyl sites for hydroxylation is 1. The van der Waals surface area contributed by atoms with Crippen molar-refractivity contribution in [2.45, 2.75) is 19.4 Å². The number of aromatic nitrogens is 1. The summed E-state index contributed by atoms with van der Waals surface area (Å²) in [7, 11) is 2.12. The molecule has 1 aliphatic heterocycles. The lowest BCUT2D eigenvalue weighted by molar-refractivity contribution is 0.0751. The predicted molar refractivity (Wildman–Crippen MR) is 126 cm³/mol. The number of rotatable bonds is 4. The molecule has 3 aromatic carbocycles. The molecule has 4 heteroatoms. The van der Waals surface area contributed by atoms with Gasteiger partial charge in [0.05, 0.1) is 11.7 Å². The van der Waals surface area contributed by atoms with Gasteiger partial charge in [-0.3, -0.25) is 4.79 Å². The van der Waals surface area contributed by atoms with Crippen LogP contribution in [0.5, 0.6) is 0 Å². The van der Waals surface area contributed by atoms with E-state index in [1.54, 1.807) is 0 Å². The van der Waals surface area contributed by atoms with E-state index in [2.05, 4.69) is 94.0 Å². The highest BCUT2D eigenvalue weighted by atomic mass is 79.9. The highest BCUT2D eigenvalue weighted by molar-refractivity contribution is 9.10. The first kappa shape index (κ1) is 19.1. The standard InChI is InChI=1S/C26H23BrN2O/c1-3-16-29-25(19-8-4-5-9-20(19)26(29)30)23-21-10-6-7-11-22(21)28(2)24(23)17-12-14-18(27)15-13-17/h4-15,25H,3,16H2,1-2H3. The van der Waals surface area contributed by atoms with E-state index < -0.39 is 0 Å². The lowest BCUT2D eigenvalue weighted by Crippen LogP contribution is -2.29. The molecule has 0 bridgehead atoms. The van der Waals surface area contributed by atoms with Gasteiger partial charge in [-0.15, -0.1) is 0 Å². The average Bonchev–Trinajstić information content (AvgIpc) is 3.21. The minimum absolute atomic E-state index is 0.0848. The Morgan fingerprint density at radius 1 is 0.933 bits per heavy atom. The first-order chi connectivity index (χ1) is 14.6. The van der Waals surface area contributed by atoms with Crippen LogP contribution < -0.4 is 0 Å². The molecule has 1 unspecified atom stereocenters. The molecule has 0 fully saturated rings. The maximum Gasteiger partial charge on any atom is 0.255 e. The Morgan fingerprint density at radius 2 is 1.63 bits per heavy atom. The zero-order chi connectivity index (χ0) is 20.8. The van der Waals surface area contributed by atoms with E-state index in [4.69, 9.17) is 0 Å². The number of amides is 1. The number of hydrogen-bond donors (Lipinski definition) is 0. The zero-order valence-electron chi connectivity index (χ0n) is 17.1. The molecule has 4 aromatic rings. The summed E-state index contributed by atoms with van der Waals surface area (Å²) in [6.07, 6.45) is 0.925. The summed E-state index contributed by atoms with van der Waals surface area (Å²) in [5.74, 6) is 0.132. The van der Waals surface area contributed by atoms with Crippen molar-refractivity contribution in [2.24, 2.45) is 7.05 Å². The average molecular weight is 459 g/mol. The van der Waals surface area contributed by atoms with Crippen LogP contribution in [0.2, 0.25) is 0 Å². The summed E-state index contributed by atoms with van der Waals surface area (Å²) in [5, 5.41) is 1.20. The Balaban J connectivity index is 1.85. The van der Waals surface area contributed by atoms with Crippen molar-refractivity contribution in [3.05, 3.63) is 94.0 Å². The van der Waals surface area contributed by atoms with E-state index in [1.165, 1.54) is 22.2 Å². The summed E-state index contributed by atoms with van der Waals surface area (Å²) >= 11 is 3.56. The Kier molecular flexibility index (Phi) is 4.75. The summed E-state index contributed by atoms with van der Waals surface area (Å²) in [5.41, 5.74) is 6.64. The molecule has 0 spiro atoms. The van der Waals surface area contributed by atoms with Crippen LogP contribution in [0, 0.1) is 0 Å². The van der Waals surface area contributed by atoms with E-state index in [-0.39, 0.29) is 11.9 Å². The van der Waals surface area contributed by atoms with Gasteiger partial charge in [0.2, 0.25) is 0 Å². The normalized spacial score (nSPS) is 15.8. The van der Waals surface area contributed by atoms with Crippen molar-refractivity contribution in [3.63, 3.8) is 0 Å². The number of benzene rings is 3. The summed E-state index contributed by atoms with van der Waals surface area (Å²) in [4.78, 5) is 15.4. The van der Waals surface area contributed by atoms with Crippen LogP contribution in [0.25, 0.3) is 22.2 Å². The molecule has 0 N–H and O–H groups in total. The van der Waals surface area contributed by atoms with Gasteiger partial charge in [-0.05, 0) is 41.8 Å². The van der Waals surface area contributed by atoms with Gasteiger partial charge in [0.1, 0.15) is 0 Å². The van der Waals surface area contributed by atoms with Gasteiger partial charge >= 0.3 is 0 Å². The molecule has 0 aliphatic carbocycles. The van der Waals surface area contributed by atoms with Gasteiger partial charge in [0.15, 0.2) is 0 Å². The first-order valence-corrected chi connectivity index (χ1v) is 11.1. The highest BCUT2D eigenvalue weighted by Gasteiger charge is 2.40. The van der Waals surface area contributed by atoms with Gasteiger partial charge in [-0.25, -0.2) is 0 Å². The molecule has 1 aliphatic rings. The highest BCUT2D eigenvalue weighted by Crippen LogP contribution is 2.46. The second-order valence-corrected chi connectivity index (χ2v) is 8.75. The largest absolute Gasteiger partial charge is 0.343 e. The first-order valence-electron chi connectivity index (χ1n) is 10.3. The van der Waals surface area contributed by atoms with Gasteiger partial charge < -0.3 is 9.47 Å². The van der Waals surface area contributed by atoms with E-state index in [0.717, 1.165) is 34.1 Å². The quantitative estimate of drug-likeness (QED) is 0.339. The number of nitrogens with zero attached hydrogens (tertiary/aromatic N) is 2. The molecule has 150 valence electrons. The molecule has 5 rings (SSSR count). The van der Waals surface area contributed by atoms with Crippen molar-refractivity contribution >= 4 is 32.7 Å². The third-order valence-corrected chi connectivity index (χ3v) is 6.59. The summed E-state index contributed by atoms with van der Waals surface area (Å²) < 4.78 is 3.32. The maximum absolute atomic E-state index is 13.3. The topological polar surface area (TPSA) is 25.2 Å². The summed E-state index contributed by atoms with van der Waals surface area (Å²) in [6, 6.07) is 25.0. The van der Waals surface area contributed by atoms with E-state index in [9.17, 15) is 4.79 Å². The van der Waals surface area contributed by atoms with Gasteiger partial charge in [-0.2, -0.15) is 0 Å². The van der Waals surface area contributed by atoms with Gasteiger partial charge in [0, 0.05) is 40.1 Å². The molecule has 1 aromatic heterocycles. The van der Waals surface area contributed by atoms with Crippen molar-refractivity contribution in [2.75, 3.05) is 6.54 Å². The smallest absolute Gasteiger partial charge is 0.255 e. The predicted octanol–water partition coefficient (Wildman–Crippen LogP) is 6.56. The number of carbonyl (C=O) groups excluding carboxylic acids is 1. The van der Waals surface area contributed by atoms with Crippen LogP contribution in [0.4, 0.5) is 0 Å². The zero-order valence-corrected chi connectivity index (χ0v) is 18.7. The Bertz CT molecular complexity index is 1260. The van der Waals surface area contributed by atoms with Crippen LogP contribution in [0.1, 0.15) is 40.9 Å². The number of para-hydroxylation sites is 1. The second-order valence-electron chi connectivity index (χ2n) is 7.83. The Labute approximate surface area is 185 Å². The molecule has 1 amide bonds. The molecule has 30 heavy (non-hydrogen) atoms. The second kappa shape index (κ2) is 7.44. The fraction of sp³-hybridized carbons (Fsp3) is 0.192. The van der Waals surface area contributed by atoms with Crippen LogP contribution >= 0.6 is 15.9 Å². The lowest BCUT2D eigenvalue weighted by Gasteiger charge is -2.26. The van der Waals surface area contributed by atoms with E-state index in [1.807, 2.05) is 18.2 Å². The van der Waals surface area contributed by atoms with Crippen molar-refractivity contribution in [1.82, 2.24) is 9.47 Å². The molecule has 2 heterocycles. The lowest BCUT2D eigenvalue weighted by atomic mass is 9.93. The van der Waals surface area contributed by atoms with E-state index in [0.29, 0.717) is 0 Å². The summed E-state index contributed by atoms with van der Waals surface area (Å²) in [6.45, 7) is 2.87. The minimum atomic E-state index is -0.0848. The van der Waals surface area contributed by atoms with Gasteiger partial charge in [0.25, 0.3) is 5.91 Å². The maximum atomic E-state index is 13.3. The molecular weight excluding hydrogens is 436 g/mol. The van der Waals surface area contributed by atoms with Gasteiger partial charge in [-0.1, -0.05) is 71.4 Å². The Hall–Kier alpha value is -2.85. The monoisotopic (exact) mass is 458 g/mol. The van der Waals surface area contributed by atoms with Crippen molar-refractivity contribution in [1.29, 1.82) is 0 Å². The van der Waals surface area contributed by atoms with Crippen LogP contribution in [-0.2, 0) is 7.05 Å². The number of hydrogen-bond acceptors (Lipinski definition) is 1. The molecule has 0 saturated carbocycles.